The van der Waals surface area contributed by atoms with E-state index in [0.717, 1.165) is 4.90 Å². The number of carboxylic acid groups (broad SMARTS) is 1. The Morgan fingerprint density at radius 2 is 2.05 bits per heavy atom. The predicted octanol–water partition coefficient (Wildman–Crippen LogP) is 2.15. The van der Waals surface area contributed by atoms with E-state index in [1.165, 1.54) is 0 Å². The van der Waals surface area contributed by atoms with Gasteiger partial charge in [-0.2, -0.15) is 0 Å². The zero-order valence-corrected chi connectivity index (χ0v) is 11.2. The molecular formula is C11H18N4O4. The van der Waals surface area contributed by atoms with Gasteiger partial charge in [0.1, 0.15) is 11.6 Å². The number of ether oxygens (including phenoxy) is 1. The molecule has 0 aromatic heterocycles. The minimum atomic E-state index is -1.08. The molecule has 0 radical (unpaired) electrons. The van der Waals surface area contributed by atoms with Crippen LogP contribution in [0.4, 0.5) is 4.79 Å². The van der Waals surface area contributed by atoms with E-state index in [9.17, 15) is 9.59 Å². The summed E-state index contributed by atoms with van der Waals surface area (Å²) in [6, 6.07) is -1.34. The summed E-state index contributed by atoms with van der Waals surface area (Å²) in [6.45, 7) is 5.18. The molecular weight excluding hydrogens is 252 g/mol. The number of carboxylic acids is 1. The van der Waals surface area contributed by atoms with Crippen LogP contribution in [0, 0.1) is 0 Å². The van der Waals surface area contributed by atoms with Crippen molar-refractivity contribution in [2.75, 3.05) is 6.54 Å². The zero-order chi connectivity index (χ0) is 14.6. The van der Waals surface area contributed by atoms with Gasteiger partial charge in [-0.05, 0) is 39.1 Å². The zero-order valence-electron chi connectivity index (χ0n) is 11.2. The molecule has 0 aliphatic carbocycles. The van der Waals surface area contributed by atoms with Gasteiger partial charge in [0, 0.05) is 11.5 Å². The van der Waals surface area contributed by atoms with Crippen molar-refractivity contribution in [2.45, 2.75) is 51.3 Å². The van der Waals surface area contributed by atoms with Gasteiger partial charge in [0.25, 0.3) is 0 Å². The number of likely N-dealkylation sites (tertiary alicyclic amines) is 1. The third-order valence-corrected chi connectivity index (χ3v) is 2.69. The molecule has 1 aliphatic heterocycles. The smallest absolute Gasteiger partial charge is 0.411 e. The molecule has 1 saturated heterocycles. The van der Waals surface area contributed by atoms with E-state index >= 15 is 0 Å². The van der Waals surface area contributed by atoms with Crippen molar-refractivity contribution < 1.29 is 19.4 Å². The van der Waals surface area contributed by atoms with Gasteiger partial charge in [0.15, 0.2) is 0 Å². The fourth-order valence-corrected chi connectivity index (χ4v) is 1.90. The molecule has 0 saturated carbocycles. The molecule has 0 bridgehead atoms. The highest BCUT2D eigenvalue weighted by atomic mass is 16.6. The van der Waals surface area contributed by atoms with Crippen LogP contribution in [0.15, 0.2) is 5.11 Å². The maximum Gasteiger partial charge on any atom is 0.411 e. The summed E-state index contributed by atoms with van der Waals surface area (Å²) >= 11 is 0. The molecule has 1 heterocycles. The number of hydrogen-bond donors (Lipinski definition) is 1. The van der Waals surface area contributed by atoms with E-state index in [-0.39, 0.29) is 13.0 Å². The Labute approximate surface area is 111 Å². The Balaban J connectivity index is 2.85. The molecule has 0 aromatic carbocycles. The highest BCUT2D eigenvalue weighted by Crippen LogP contribution is 2.22. The molecule has 8 nitrogen and oxygen atoms in total. The highest BCUT2D eigenvalue weighted by Gasteiger charge is 2.37. The number of azide groups is 1. The first-order valence-corrected chi connectivity index (χ1v) is 6.01. The third-order valence-electron chi connectivity index (χ3n) is 2.69. The first-order valence-electron chi connectivity index (χ1n) is 6.01. The van der Waals surface area contributed by atoms with Crippen molar-refractivity contribution in [3.8, 4) is 0 Å². The maximum atomic E-state index is 12.0. The topological polar surface area (TPSA) is 116 Å². The van der Waals surface area contributed by atoms with E-state index in [1.807, 2.05) is 0 Å². The molecule has 1 N–H and O–H groups in total. The van der Waals surface area contributed by atoms with Gasteiger partial charge in [-0.15, -0.1) is 0 Å². The summed E-state index contributed by atoms with van der Waals surface area (Å²) in [5.74, 6) is -1.08. The maximum absolute atomic E-state index is 12.0. The van der Waals surface area contributed by atoms with Gasteiger partial charge in [0.2, 0.25) is 0 Å². The van der Waals surface area contributed by atoms with Crippen molar-refractivity contribution in [1.82, 2.24) is 4.90 Å². The van der Waals surface area contributed by atoms with E-state index < -0.39 is 29.7 Å². The van der Waals surface area contributed by atoms with Crippen LogP contribution in [0.1, 0.15) is 33.6 Å². The van der Waals surface area contributed by atoms with Crippen LogP contribution < -0.4 is 0 Å². The van der Waals surface area contributed by atoms with Gasteiger partial charge >= 0.3 is 12.1 Å². The number of hydrogen-bond acceptors (Lipinski definition) is 4. The summed E-state index contributed by atoms with van der Waals surface area (Å²) < 4.78 is 5.17. The molecule has 106 valence electrons. The number of rotatable bonds is 2. The molecule has 8 heteroatoms. The van der Waals surface area contributed by atoms with E-state index in [0.29, 0.717) is 6.42 Å². The second-order valence-corrected chi connectivity index (χ2v) is 5.42. The van der Waals surface area contributed by atoms with Crippen molar-refractivity contribution in [1.29, 1.82) is 0 Å². The summed E-state index contributed by atoms with van der Waals surface area (Å²) in [6.07, 6.45) is -0.00349. The number of aliphatic carboxylic acids is 1. The Morgan fingerprint density at radius 1 is 1.42 bits per heavy atom. The quantitative estimate of drug-likeness (QED) is 0.470. The lowest BCUT2D eigenvalue weighted by Gasteiger charge is -2.36. The largest absolute Gasteiger partial charge is 0.480 e. The highest BCUT2D eigenvalue weighted by molar-refractivity contribution is 5.80. The van der Waals surface area contributed by atoms with Crippen molar-refractivity contribution in [3.63, 3.8) is 0 Å². The molecule has 0 aromatic rings. The van der Waals surface area contributed by atoms with Crippen molar-refractivity contribution in [2.24, 2.45) is 5.11 Å². The third kappa shape index (κ3) is 4.33. The number of amides is 1. The summed E-state index contributed by atoms with van der Waals surface area (Å²) in [7, 11) is 0. The number of carbonyl (C=O) groups is 2. The van der Waals surface area contributed by atoms with Crippen LogP contribution in [0.5, 0.6) is 0 Å². The lowest BCUT2D eigenvalue weighted by atomic mass is 9.99. The SMILES string of the molecule is CC(C)(C)OC(=O)N1CC(N=[N+]=[N-])CC[C@H]1C(=O)O. The second kappa shape index (κ2) is 5.79. The monoisotopic (exact) mass is 270 g/mol. The van der Waals surface area contributed by atoms with Crippen LogP contribution >= 0.6 is 0 Å². The fourth-order valence-electron chi connectivity index (χ4n) is 1.90. The average molecular weight is 270 g/mol. The minimum Gasteiger partial charge on any atom is -0.480 e. The lowest BCUT2D eigenvalue weighted by molar-refractivity contribution is -0.144. The molecule has 19 heavy (non-hydrogen) atoms. The van der Waals surface area contributed by atoms with E-state index in [1.54, 1.807) is 20.8 Å². The van der Waals surface area contributed by atoms with Gasteiger partial charge in [-0.3, -0.25) is 4.90 Å². The van der Waals surface area contributed by atoms with Crippen molar-refractivity contribution >= 4 is 12.1 Å². The molecule has 1 aliphatic rings. The molecule has 1 fully saturated rings. The number of piperidine rings is 1. The molecule has 2 atom stereocenters. The Bertz CT molecular complexity index is 411. The van der Waals surface area contributed by atoms with Crippen LogP contribution in [0.25, 0.3) is 10.4 Å². The number of carbonyl (C=O) groups excluding carboxylic acids is 1. The predicted molar refractivity (Wildman–Crippen MR) is 66.5 cm³/mol. The average Bonchev–Trinajstić information content (AvgIpc) is 2.26. The van der Waals surface area contributed by atoms with E-state index in [4.69, 9.17) is 15.4 Å². The van der Waals surface area contributed by atoms with Crippen LogP contribution in [-0.4, -0.2) is 46.3 Å². The first-order chi connectivity index (χ1) is 8.74. The van der Waals surface area contributed by atoms with Crippen molar-refractivity contribution in [3.05, 3.63) is 10.4 Å². The second-order valence-electron chi connectivity index (χ2n) is 5.42. The van der Waals surface area contributed by atoms with Crippen LogP contribution in [0.3, 0.4) is 0 Å². The Morgan fingerprint density at radius 3 is 2.53 bits per heavy atom. The van der Waals surface area contributed by atoms with Gasteiger partial charge in [0.05, 0.1) is 6.04 Å². The van der Waals surface area contributed by atoms with Crippen LogP contribution in [0.2, 0.25) is 0 Å². The Hall–Kier alpha value is -1.95. The summed E-state index contributed by atoms with van der Waals surface area (Å²) in [4.78, 5) is 26.9. The van der Waals surface area contributed by atoms with Gasteiger partial charge in [-0.25, -0.2) is 9.59 Å². The molecule has 1 amide bonds. The minimum absolute atomic E-state index is 0.0654. The number of nitrogens with zero attached hydrogens (tertiary/aromatic N) is 4. The van der Waals surface area contributed by atoms with Crippen LogP contribution in [-0.2, 0) is 9.53 Å². The summed E-state index contributed by atoms with van der Waals surface area (Å²) in [5, 5.41) is 12.7. The Kier molecular flexibility index (Phi) is 4.61. The molecule has 1 unspecified atom stereocenters. The van der Waals surface area contributed by atoms with Gasteiger partial charge < -0.3 is 9.84 Å². The lowest BCUT2D eigenvalue weighted by Crippen LogP contribution is -2.53. The van der Waals surface area contributed by atoms with Gasteiger partial charge in [-0.1, -0.05) is 5.11 Å². The first kappa shape index (κ1) is 15.1. The van der Waals surface area contributed by atoms with E-state index in [2.05, 4.69) is 10.0 Å². The standard InChI is InChI=1S/C11H18N4O4/c1-11(2,3)19-10(18)15-6-7(13-14-12)4-5-8(15)9(16)17/h7-8H,4-6H2,1-3H3,(H,16,17)/t7?,8-/m0/s1. The fraction of sp³-hybridized carbons (Fsp3) is 0.818. The summed E-state index contributed by atoms with van der Waals surface area (Å²) in [5.41, 5.74) is 7.71. The normalized spacial score (nSPS) is 23.4. The molecule has 0 spiro atoms. The molecule has 1 rings (SSSR count).